The van der Waals surface area contributed by atoms with Gasteiger partial charge in [0.15, 0.2) is 0 Å². The number of nitrogens with zero attached hydrogens (tertiary/aromatic N) is 3. The molecule has 7 nitrogen and oxygen atoms in total. The Labute approximate surface area is 176 Å². The largest absolute Gasteiger partial charge is 0.348 e. The third kappa shape index (κ3) is 4.01. The molecule has 0 bridgehead atoms. The second-order valence-electron chi connectivity index (χ2n) is 7.33. The molecule has 156 valence electrons. The Bertz CT molecular complexity index is 1130. The Kier molecular flexibility index (Phi) is 5.69. The minimum absolute atomic E-state index is 0.219. The van der Waals surface area contributed by atoms with E-state index >= 15 is 0 Å². The Hall–Kier alpha value is -2.97. The van der Waals surface area contributed by atoms with Gasteiger partial charge in [-0.15, -0.1) is 0 Å². The van der Waals surface area contributed by atoms with E-state index in [-0.39, 0.29) is 5.91 Å². The fourth-order valence-corrected chi connectivity index (χ4v) is 5.11. The third-order valence-electron chi connectivity index (χ3n) is 5.33. The van der Waals surface area contributed by atoms with Crippen LogP contribution in [0.25, 0.3) is 5.69 Å². The van der Waals surface area contributed by atoms with Crippen molar-refractivity contribution in [2.75, 3.05) is 13.1 Å². The number of rotatable bonds is 6. The van der Waals surface area contributed by atoms with Gasteiger partial charge in [-0.2, -0.15) is 9.40 Å². The SMILES string of the molecule is Cc1c(C(=O)NCc2ccc(S(=O)(=O)N3CCCC3)cc2)cnn1-c1ccccc1. The highest BCUT2D eigenvalue weighted by Gasteiger charge is 2.26. The Balaban J connectivity index is 1.42. The summed E-state index contributed by atoms with van der Waals surface area (Å²) >= 11 is 0. The van der Waals surface area contributed by atoms with Crippen molar-refractivity contribution >= 4 is 15.9 Å². The molecule has 0 radical (unpaired) electrons. The van der Waals surface area contributed by atoms with Crippen LogP contribution in [0.5, 0.6) is 0 Å². The van der Waals surface area contributed by atoms with Crippen molar-refractivity contribution in [3.05, 3.63) is 77.6 Å². The average molecular weight is 425 g/mol. The Morgan fingerprint density at radius 2 is 1.70 bits per heavy atom. The lowest BCUT2D eigenvalue weighted by Crippen LogP contribution is -2.28. The molecule has 2 heterocycles. The van der Waals surface area contributed by atoms with Crippen LogP contribution in [-0.2, 0) is 16.6 Å². The molecule has 0 spiro atoms. The second kappa shape index (κ2) is 8.41. The summed E-state index contributed by atoms with van der Waals surface area (Å²) < 4.78 is 28.5. The first-order valence-electron chi connectivity index (χ1n) is 9.94. The van der Waals surface area contributed by atoms with Crippen LogP contribution >= 0.6 is 0 Å². The standard InChI is InChI=1S/C22H24N4O3S/c1-17-21(16-24-26(17)19-7-3-2-4-8-19)22(27)23-15-18-9-11-20(12-10-18)30(28,29)25-13-5-6-14-25/h2-4,7-12,16H,5-6,13-15H2,1H3,(H,23,27). The van der Waals surface area contributed by atoms with Crippen LogP contribution in [0.3, 0.4) is 0 Å². The number of para-hydroxylation sites is 1. The smallest absolute Gasteiger partial charge is 0.255 e. The van der Waals surface area contributed by atoms with Crippen molar-refractivity contribution in [1.82, 2.24) is 19.4 Å². The fourth-order valence-electron chi connectivity index (χ4n) is 3.60. The average Bonchev–Trinajstić information content (AvgIpc) is 3.43. The van der Waals surface area contributed by atoms with Crippen molar-refractivity contribution in [3.8, 4) is 5.69 Å². The van der Waals surface area contributed by atoms with Crippen LogP contribution in [0.2, 0.25) is 0 Å². The normalized spacial score (nSPS) is 14.7. The molecule has 2 aromatic carbocycles. The number of hydrogen-bond acceptors (Lipinski definition) is 4. The molecule has 1 N–H and O–H groups in total. The highest BCUT2D eigenvalue weighted by Crippen LogP contribution is 2.21. The van der Waals surface area contributed by atoms with Crippen molar-refractivity contribution in [3.63, 3.8) is 0 Å². The van der Waals surface area contributed by atoms with E-state index in [0.29, 0.717) is 30.1 Å². The molecule has 3 aromatic rings. The molecular formula is C22H24N4O3S. The highest BCUT2D eigenvalue weighted by atomic mass is 32.2. The van der Waals surface area contributed by atoms with Gasteiger partial charge in [-0.1, -0.05) is 30.3 Å². The maximum atomic E-state index is 12.6. The predicted octanol–water partition coefficient (Wildman–Crippen LogP) is 2.90. The number of carbonyl (C=O) groups excluding carboxylic acids is 1. The molecule has 1 aliphatic heterocycles. The van der Waals surface area contributed by atoms with Gasteiger partial charge in [0, 0.05) is 19.6 Å². The van der Waals surface area contributed by atoms with E-state index in [9.17, 15) is 13.2 Å². The van der Waals surface area contributed by atoms with Crippen molar-refractivity contribution in [2.24, 2.45) is 0 Å². The van der Waals surface area contributed by atoms with Crippen molar-refractivity contribution in [1.29, 1.82) is 0 Å². The summed E-state index contributed by atoms with van der Waals surface area (Å²) in [5.41, 5.74) is 2.98. The van der Waals surface area contributed by atoms with E-state index in [1.807, 2.05) is 37.3 Å². The third-order valence-corrected chi connectivity index (χ3v) is 7.25. The summed E-state index contributed by atoms with van der Waals surface area (Å²) in [6.07, 6.45) is 3.37. The molecule has 1 amide bonds. The topological polar surface area (TPSA) is 84.3 Å². The summed E-state index contributed by atoms with van der Waals surface area (Å²) in [6.45, 7) is 3.32. The lowest BCUT2D eigenvalue weighted by Gasteiger charge is -2.15. The van der Waals surface area contributed by atoms with Crippen LogP contribution in [0.15, 0.2) is 65.7 Å². The zero-order chi connectivity index (χ0) is 21.1. The Morgan fingerprint density at radius 1 is 1.03 bits per heavy atom. The highest BCUT2D eigenvalue weighted by molar-refractivity contribution is 7.89. The zero-order valence-corrected chi connectivity index (χ0v) is 17.6. The quantitative estimate of drug-likeness (QED) is 0.659. The molecule has 30 heavy (non-hydrogen) atoms. The maximum absolute atomic E-state index is 12.6. The minimum atomic E-state index is -3.42. The van der Waals surface area contributed by atoms with Crippen LogP contribution in [0, 0.1) is 6.92 Å². The van der Waals surface area contributed by atoms with Crippen LogP contribution in [-0.4, -0.2) is 41.5 Å². The number of carbonyl (C=O) groups is 1. The molecule has 1 aromatic heterocycles. The molecule has 4 rings (SSSR count). The van der Waals surface area contributed by atoms with Gasteiger partial charge in [0.2, 0.25) is 10.0 Å². The molecule has 0 saturated carbocycles. The monoisotopic (exact) mass is 424 g/mol. The molecule has 0 aliphatic carbocycles. The minimum Gasteiger partial charge on any atom is -0.348 e. The van der Waals surface area contributed by atoms with Gasteiger partial charge in [0.05, 0.1) is 28.0 Å². The van der Waals surface area contributed by atoms with Gasteiger partial charge < -0.3 is 5.32 Å². The molecule has 0 atom stereocenters. The number of sulfonamides is 1. The van der Waals surface area contributed by atoms with E-state index in [1.165, 1.54) is 4.31 Å². The zero-order valence-electron chi connectivity index (χ0n) is 16.8. The first-order valence-corrected chi connectivity index (χ1v) is 11.4. The van der Waals surface area contributed by atoms with Crippen LogP contribution in [0.4, 0.5) is 0 Å². The van der Waals surface area contributed by atoms with Gasteiger partial charge in [-0.05, 0) is 49.6 Å². The van der Waals surface area contributed by atoms with Crippen LogP contribution in [0.1, 0.15) is 34.5 Å². The summed E-state index contributed by atoms with van der Waals surface area (Å²) in [4.78, 5) is 12.9. The van der Waals surface area contributed by atoms with Gasteiger partial charge in [0.1, 0.15) is 0 Å². The number of aromatic nitrogens is 2. The van der Waals surface area contributed by atoms with E-state index in [1.54, 1.807) is 35.1 Å². The summed E-state index contributed by atoms with van der Waals surface area (Å²) in [6, 6.07) is 16.3. The first kappa shape index (κ1) is 20.3. The predicted molar refractivity (Wildman–Crippen MR) is 114 cm³/mol. The van der Waals surface area contributed by atoms with Crippen molar-refractivity contribution in [2.45, 2.75) is 31.2 Å². The first-order chi connectivity index (χ1) is 14.5. The second-order valence-corrected chi connectivity index (χ2v) is 9.27. The Morgan fingerprint density at radius 3 is 2.37 bits per heavy atom. The fraction of sp³-hybridized carbons (Fsp3) is 0.273. The number of benzene rings is 2. The molecule has 0 unspecified atom stereocenters. The van der Waals surface area contributed by atoms with E-state index < -0.39 is 10.0 Å². The summed E-state index contributed by atoms with van der Waals surface area (Å²) in [5, 5.41) is 7.20. The maximum Gasteiger partial charge on any atom is 0.255 e. The van der Waals surface area contributed by atoms with E-state index in [2.05, 4.69) is 10.4 Å². The van der Waals surface area contributed by atoms with Gasteiger partial charge in [-0.25, -0.2) is 13.1 Å². The van der Waals surface area contributed by atoms with Gasteiger partial charge >= 0.3 is 0 Å². The summed E-state index contributed by atoms with van der Waals surface area (Å²) in [5.74, 6) is -0.219. The number of nitrogens with one attached hydrogen (secondary N) is 1. The lowest BCUT2D eigenvalue weighted by molar-refractivity contribution is 0.0950. The van der Waals surface area contributed by atoms with Crippen LogP contribution < -0.4 is 5.32 Å². The number of hydrogen-bond donors (Lipinski definition) is 1. The van der Waals surface area contributed by atoms with Gasteiger partial charge in [-0.3, -0.25) is 4.79 Å². The molecule has 1 saturated heterocycles. The summed E-state index contributed by atoms with van der Waals surface area (Å²) in [7, 11) is -3.42. The van der Waals surface area contributed by atoms with E-state index in [0.717, 1.165) is 29.8 Å². The van der Waals surface area contributed by atoms with Gasteiger partial charge in [0.25, 0.3) is 5.91 Å². The number of amides is 1. The lowest BCUT2D eigenvalue weighted by atomic mass is 10.2. The van der Waals surface area contributed by atoms with E-state index in [4.69, 9.17) is 0 Å². The molecular weight excluding hydrogens is 400 g/mol. The van der Waals surface area contributed by atoms with Crippen molar-refractivity contribution < 1.29 is 13.2 Å². The molecule has 1 fully saturated rings. The molecule has 8 heteroatoms. The molecule has 1 aliphatic rings.